The van der Waals surface area contributed by atoms with Crippen molar-refractivity contribution in [3.8, 4) is 17.6 Å². The van der Waals surface area contributed by atoms with E-state index >= 15 is 0 Å². The lowest BCUT2D eigenvalue weighted by molar-refractivity contribution is -0.146. The third-order valence-electron chi connectivity index (χ3n) is 3.36. The average molecular weight is 358 g/mol. The first kappa shape index (κ1) is 16.8. The van der Waals surface area contributed by atoms with Crippen LogP contribution in [0.2, 0.25) is 0 Å². The molecule has 1 amide bonds. The Balaban J connectivity index is 1.49. The lowest BCUT2D eigenvalue weighted by Crippen LogP contribution is -2.21. The minimum absolute atomic E-state index is 0.0202. The number of carbonyl (C=O) groups excluding carboxylic acids is 2. The molecule has 0 unspecified atom stereocenters. The summed E-state index contributed by atoms with van der Waals surface area (Å²) in [5, 5.41) is 13.6. The highest BCUT2D eigenvalue weighted by atomic mass is 32.1. The number of fused-ring (bicyclic) bond motifs is 1. The maximum Gasteiger partial charge on any atom is 0.310 e. The molecule has 1 aromatic heterocycles. The zero-order chi connectivity index (χ0) is 17.6. The number of benzene rings is 1. The molecule has 2 heterocycles. The fraction of sp³-hybridized carbons (Fsp3) is 0.235. The Morgan fingerprint density at radius 2 is 2.04 bits per heavy atom. The molecule has 25 heavy (non-hydrogen) atoms. The predicted octanol–water partition coefficient (Wildman–Crippen LogP) is 2.12. The van der Waals surface area contributed by atoms with E-state index in [1.54, 1.807) is 29.6 Å². The van der Waals surface area contributed by atoms with E-state index in [9.17, 15) is 9.59 Å². The van der Waals surface area contributed by atoms with Crippen molar-refractivity contribution < 1.29 is 23.8 Å². The van der Waals surface area contributed by atoms with Crippen LogP contribution in [0, 0.1) is 11.3 Å². The van der Waals surface area contributed by atoms with E-state index in [0.717, 1.165) is 0 Å². The van der Waals surface area contributed by atoms with Crippen molar-refractivity contribution in [2.45, 2.75) is 6.42 Å². The Bertz CT molecular complexity index is 840. The number of esters is 1. The molecule has 0 atom stereocenters. The van der Waals surface area contributed by atoms with E-state index in [4.69, 9.17) is 19.5 Å². The number of thiophene rings is 1. The molecule has 0 saturated heterocycles. The quantitative estimate of drug-likeness (QED) is 0.822. The van der Waals surface area contributed by atoms with Gasteiger partial charge in [0.2, 0.25) is 0 Å². The molecule has 0 radical (unpaired) electrons. The molecule has 2 aromatic rings. The van der Waals surface area contributed by atoms with Gasteiger partial charge in [-0.15, -0.1) is 11.3 Å². The number of hydrogen-bond acceptors (Lipinski definition) is 7. The van der Waals surface area contributed by atoms with Crippen molar-refractivity contribution in [1.29, 1.82) is 5.26 Å². The van der Waals surface area contributed by atoms with Crippen molar-refractivity contribution in [3.63, 3.8) is 0 Å². The van der Waals surface area contributed by atoms with Gasteiger partial charge in [0.1, 0.15) is 24.3 Å². The number of carbonyl (C=O) groups is 2. The van der Waals surface area contributed by atoms with Gasteiger partial charge in [-0.3, -0.25) is 9.59 Å². The Morgan fingerprint density at radius 3 is 2.84 bits per heavy atom. The molecule has 0 aliphatic carbocycles. The van der Waals surface area contributed by atoms with E-state index in [2.05, 4.69) is 5.32 Å². The molecule has 8 heteroatoms. The first-order valence-corrected chi connectivity index (χ1v) is 8.35. The van der Waals surface area contributed by atoms with Crippen LogP contribution in [0.3, 0.4) is 0 Å². The van der Waals surface area contributed by atoms with Crippen molar-refractivity contribution in [2.75, 3.05) is 25.1 Å². The minimum atomic E-state index is -0.529. The van der Waals surface area contributed by atoms with Crippen LogP contribution in [0.4, 0.5) is 5.00 Å². The van der Waals surface area contributed by atoms with Gasteiger partial charge in [-0.05, 0) is 29.1 Å². The van der Waals surface area contributed by atoms with Crippen LogP contribution in [0.5, 0.6) is 11.5 Å². The molecule has 0 spiro atoms. The van der Waals surface area contributed by atoms with Crippen LogP contribution in [-0.4, -0.2) is 31.7 Å². The SMILES string of the molecule is N#Cc1ccsc1NC(=O)COC(=O)Cc1ccc2c(c1)OCCO2. The van der Waals surface area contributed by atoms with Gasteiger partial charge in [-0.2, -0.15) is 5.26 Å². The summed E-state index contributed by atoms with van der Waals surface area (Å²) in [7, 11) is 0. The van der Waals surface area contributed by atoms with Crippen molar-refractivity contribution >= 4 is 28.2 Å². The second-order valence-corrected chi connectivity index (χ2v) is 6.05. The molecule has 0 fully saturated rings. The number of amides is 1. The third-order valence-corrected chi connectivity index (χ3v) is 4.19. The van der Waals surface area contributed by atoms with Crippen molar-refractivity contribution in [1.82, 2.24) is 0 Å². The number of nitrogens with zero attached hydrogens (tertiary/aromatic N) is 1. The molecule has 0 bridgehead atoms. The van der Waals surface area contributed by atoms with Gasteiger partial charge in [-0.25, -0.2) is 0 Å². The topological polar surface area (TPSA) is 97.7 Å². The van der Waals surface area contributed by atoms with E-state index in [1.807, 2.05) is 6.07 Å². The normalized spacial score (nSPS) is 12.1. The van der Waals surface area contributed by atoms with Gasteiger partial charge in [0.15, 0.2) is 18.1 Å². The molecule has 0 saturated carbocycles. The Labute approximate surface area is 147 Å². The zero-order valence-electron chi connectivity index (χ0n) is 13.1. The molecule has 1 aliphatic heterocycles. The lowest BCUT2D eigenvalue weighted by atomic mass is 10.1. The summed E-state index contributed by atoms with van der Waals surface area (Å²) < 4.78 is 15.8. The summed E-state index contributed by atoms with van der Waals surface area (Å²) in [5.74, 6) is 0.219. The maximum atomic E-state index is 11.9. The van der Waals surface area contributed by atoms with E-state index in [-0.39, 0.29) is 6.42 Å². The Hall–Kier alpha value is -3.05. The fourth-order valence-corrected chi connectivity index (χ4v) is 2.97. The van der Waals surface area contributed by atoms with Crippen molar-refractivity contribution in [2.24, 2.45) is 0 Å². The largest absolute Gasteiger partial charge is 0.486 e. The Kier molecular flexibility index (Phi) is 5.16. The predicted molar refractivity (Wildman–Crippen MR) is 89.8 cm³/mol. The van der Waals surface area contributed by atoms with E-state index < -0.39 is 18.5 Å². The van der Waals surface area contributed by atoms with E-state index in [0.29, 0.717) is 40.8 Å². The highest BCUT2D eigenvalue weighted by Crippen LogP contribution is 2.30. The maximum absolute atomic E-state index is 11.9. The summed E-state index contributed by atoms with van der Waals surface area (Å²) in [6.45, 7) is 0.557. The van der Waals surface area contributed by atoms with Crippen LogP contribution in [-0.2, 0) is 20.7 Å². The number of nitriles is 1. The first-order valence-electron chi connectivity index (χ1n) is 7.47. The second kappa shape index (κ2) is 7.68. The Morgan fingerprint density at radius 1 is 1.24 bits per heavy atom. The standard InChI is InChI=1S/C17H14N2O5S/c18-9-12-3-6-25-17(12)19-15(20)10-24-16(21)8-11-1-2-13-14(7-11)23-5-4-22-13/h1-3,6-7H,4-5,8,10H2,(H,19,20). The van der Waals surface area contributed by atoms with Gasteiger partial charge in [0.05, 0.1) is 12.0 Å². The second-order valence-electron chi connectivity index (χ2n) is 5.14. The molecular formula is C17H14N2O5S. The summed E-state index contributed by atoms with van der Waals surface area (Å²) >= 11 is 1.23. The van der Waals surface area contributed by atoms with Crippen LogP contribution >= 0.6 is 11.3 Å². The average Bonchev–Trinajstić information content (AvgIpc) is 3.07. The highest BCUT2D eigenvalue weighted by molar-refractivity contribution is 7.14. The number of hydrogen-bond donors (Lipinski definition) is 1. The van der Waals surface area contributed by atoms with Crippen LogP contribution < -0.4 is 14.8 Å². The summed E-state index contributed by atoms with van der Waals surface area (Å²) in [6.07, 6.45) is 0.0202. The van der Waals surface area contributed by atoms with Gasteiger partial charge in [0.25, 0.3) is 5.91 Å². The van der Waals surface area contributed by atoms with Crippen LogP contribution in [0.15, 0.2) is 29.6 Å². The molecular weight excluding hydrogens is 344 g/mol. The fourth-order valence-electron chi connectivity index (χ4n) is 2.22. The smallest absolute Gasteiger partial charge is 0.310 e. The molecule has 3 rings (SSSR count). The zero-order valence-corrected chi connectivity index (χ0v) is 13.9. The summed E-state index contributed by atoms with van der Waals surface area (Å²) in [5.41, 5.74) is 1.08. The minimum Gasteiger partial charge on any atom is -0.486 e. The van der Waals surface area contributed by atoms with Gasteiger partial charge < -0.3 is 19.5 Å². The van der Waals surface area contributed by atoms with Crippen LogP contribution in [0.1, 0.15) is 11.1 Å². The number of ether oxygens (including phenoxy) is 3. The highest BCUT2D eigenvalue weighted by Gasteiger charge is 2.15. The van der Waals surface area contributed by atoms with Gasteiger partial charge >= 0.3 is 5.97 Å². The number of anilines is 1. The molecule has 1 aliphatic rings. The van der Waals surface area contributed by atoms with Crippen LogP contribution in [0.25, 0.3) is 0 Å². The van der Waals surface area contributed by atoms with Gasteiger partial charge in [-0.1, -0.05) is 6.07 Å². The summed E-state index contributed by atoms with van der Waals surface area (Å²) in [4.78, 5) is 23.7. The first-order chi connectivity index (χ1) is 12.2. The number of rotatable bonds is 5. The monoisotopic (exact) mass is 358 g/mol. The summed E-state index contributed by atoms with van der Waals surface area (Å²) in [6, 6.07) is 8.79. The third kappa shape index (κ3) is 4.28. The number of nitrogens with one attached hydrogen (secondary N) is 1. The molecule has 128 valence electrons. The lowest BCUT2D eigenvalue weighted by Gasteiger charge is -2.18. The van der Waals surface area contributed by atoms with Crippen molar-refractivity contribution in [3.05, 3.63) is 40.8 Å². The molecule has 7 nitrogen and oxygen atoms in total. The molecule has 1 aromatic carbocycles. The van der Waals surface area contributed by atoms with Gasteiger partial charge in [0, 0.05) is 0 Å². The molecule has 1 N–H and O–H groups in total. The van der Waals surface area contributed by atoms with E-state index in [1.165, 1.54) is 11.3 Å².